The van der Waals surface area contributed by atoms with Gasteiger partial charge in [-0.15, -0.1) is 0 Å². The van der Waals surface area contributed by atoms with Crippen LogP contribution in [0, 0.1) is 0 Å². The Morgan fingerprint density at radius 2 is 1.94 bits per heavy atom. The minimum atomic E-state index is -2.97. The highest BCUT2D eigenvalue weighted by molar-refractivity contribution is 7.91. The summed E-state index contributed by atoms with van der Waals surface area (Å²) >= 11 is 0. The van der Waals surface area contributed by atoms with E-state index >= 15 is 0 Å². The Labute approximate surface area is 192 Å². The predicted octanol–water partition coefficient (Wildman–Crippen LogP) is 2.45. The normalized spacial score (nSPS) is 16.3. The smallest absolute Gasteiger partial charge is 0.165 e. The number of aromatic nitrogens is 5. The number of fused-ring (bicyclic) bond motifs is 1. The summed E-state index contributed by atoms with van der Waals surface area (Å²) in [7, 11) is -1.12. The molecule has 3 N–H and O–H groups in total. The molecule has 0 bridgehead atoms. The molecular weight excluding hydrogens is 438 g/mol. The molecule has 9 nitrogen and oxygen atoms in total. The fraction of sp³-hybridized carbons (Fsp3) is 0.304. The van der Waals surface area contributed by atoms with E-state index in [1.54, 1.807) is 29.3 Å². The number of sulfone groups is 1. The van der Waals surface area contributed by atoms with Gasteiger partial charge < -0.3 is 11.1 Å². The first kappa shape index (κ1) is 21.5. The quantitative estimate of drug-likeness (QED) is 0.462. The molecule has 0 aliphatic carbocycles. The highest BCUT2D eigenvalue weighted by Crippen LogP contribution is 2.35. The Hall–Kier alpha value is -3.37. The molecule has 0 amide bonds. The number of pyridine rings is 2. The molecule has 0 atom stereocenters. The number of nitrogen functional groups attached to an aromatic ring is 1. The van der Waals surface area contributed by atoms with Gasteiger partial charge in [0.2, 0.25) is 0 Å². The van der Waals surface area contributed by atoms with E-state index in [0.717, 1.165) is 33.6 Å². The molecule has 1 fully saturated rings. The number of nitrogens with zero attached hydrogens (tertiary/aromatic N) is 5. The average Bonchev–Trinajstić information content (AvgIpc) is 3.26. The number of hydrogen-bond acceptors (Lipinski definition) is 8. The molecule has 33 heavy (non-hydrogen) atoms. The molecule has 4 aromatic rings. The molecule has 4 aromatic heterocycles. The van der Waals surface area contributed by atoms with Gasteiger partial charge in [0, 0.05) is 53.3 Å². The highest BCUT2D eigenvalue weighted by Gasteiger charge is 2.29. The Balaban J connectivity index is 1.58. The van der Waals surface area contributed by atoms with Crippen LogP contribution in [-0.4, -0.2) is 51.5 Å². The molecule has 5 rings (SSSR count). The molecule has 0 unspecified atom stereocenters. The van der Waals surface area contributed by atoms with Gasteiger partial charge in [0.15, 0.2) is 5.65 Å². The first-order valence-electron chi connectivity index (χ1n) is 10.8. The van der Waals surface area contributed by atoms with E-state index in [-0.39, 0.29) is 17.4 Å². The standard InChI is InChI=1S/C23H25N7O2S/c1-25-13-19-21(15-6-9-33(31,32)10-7-15)29-23-18(14-28-30(23)22(19)24)16-4-5-20(27-12-16)17-3-2-8-26-11-17/h2-5,8,11-12,14-15,25H,6-7,9-10,13,24H2,1H3. The molecule has 10 heteroatoms. The maximum atomic E-state index is 12.0. The minimum Gasteiger partial charge on any atom is -0.383 e. The second-order valence-electron chi connectivity index (χ2n) is 8.28. The van der Waals surface area contributed by atoms with Crippen molar-refractivity contribution in [3.63, 3.8) is 0 Å². The molecule has 0 spiro atoms. The van der Waals surface area contributed by atoms with Gasteiger partial charge in [-0.05, 0) is 38.1 Å². The summed E-state index contributed by atoms with van der Waals surface area (Å²) in [6.07, 6.45) is 8.15. The number of rotatable bonds is 5. The third-order valence-corrected chi connectivity index (χ3v) is 7.86. The van der Waals surface area contributed by atoms with Gasteiger partial charge in [-0.2, -0.15) is 9.61 Å². The van der Waals surface area contributed by atoms with Crippen molar-refractivity contribution < 1.29 is 8.42 Å². The zero-order valence-corrected chi connectivity index (χ0v) is 19.1. The van der Waals surface area contributed by atoms with E-state index < -0.39 is 9.84 Å². The lowest BCUT2D eigenvalue weighted by molar-refractivity contribution is 0.541. The second-order valence-corrected chi connectivity index (χ2v) is 10.6. The number of anilines is 1. The van der Waals surface area contributed by atoms with Crippen LogP contribution in [0.4, 0.5) is 5.82 Å². The molecule has 0 aromatic carbocycles. The Morgan fingerprint density at radius 3 is 2.61 bits per heavy atom. The Kier molecular flexibility index (Phi) is 5.55. The van der Waals surface area contributed by atoms with Crippen molar-refractivity contribution in [1.82, 2.24) is 29.9 Å². The van der Waals surface area contributed by atoms with Crippen molar-refractivity contribution in [3.8, 4) is 22.4 Å². The van der Waals surface area contributed by atoms with Gasteiger partial charge in [0.1, 0.15) is 15.7 Å². The summed E-state index contributed by atoms with van der Waals surface area (Å²) in [5.41, 5.74) is 12.4. The van der Waals surface area contributed by atoms with Crippen LogP contribution in [-0.2, 0) is 16.4 Å². The van der Waals surface area contributed by atoms with E-state index in [2.05, 4.69) is 20.4 Å². The molecule has 170 valence electrons. The first-order chi connectivity index (χ1) is 16.0. The van der Waals surface area contributed by atoms with Gasteiger partial charge in [-0.3, -0.25) is 9.97 Å². The summed E-state index contributed by atoms with van der Waals surface area (Å²) in [6, 6.07) is 7.77. The fourth-order valence-corrected chi connectivity index (χ4v) is 5.86. The van der Waals surface area contributed by atoms with Crippen molar-refractivity contribution in [1.29, 1.82) is 0 Å². The number of nitrogens with two attached hydrogens (primary N) is 1. The SMILES string of the molecule is CNCc1c(C2CCS(=O)(=O)CC2)nc2c(-c3ccc(-c4cccnc4)nc3)cnn2c1N. The van der Waals surface area contributed by atoms with E-state index in [4.69, 9.17) is 10.7 Å². The molecular formula is C23H25N7O2S. The van der Waals surface area contributed by atoms with Crippen molar-refractivity contribution >= 4 is 21.3 Å². The van der Waals surface area contributed by atoms with Crippen LogP contribution in [0.2, 0.25) is 0 Å². The number of nitrogens with one attached hydrogen (secondary N) is 1. The fourth-order valence-electron chi connectivity index (χ4n) is 4.37. The van der Waals surface area contributed by atoms with Crippen molar-refractivity contribution in [3.05, 3.63) is 60.3 Å². The predicted molar refractivity (Wildman–Crippen MR) is 127 cm³/mol. The van der Waals surface area contributed by atoms with Crippen LogP contribution in [0.25, 0.3) is 28.0 Å². The zero-order valence-electron chi connectivity index (χ0n) is 18.3. The Bertz CT molecular complexity index is 1390. The molecule has 0 saturated carbocycles. The highest BCUT2D eigenvalue weighted by atomic mass is 32.2. The van der Waals surface area contributed by atoms with Crippen molar-refractivity contribution in [2.75, 3.05) is 24.3 Å². The number of hydrogen-bond donors (Lipinski definition) is 2. The third-order valence-electron chi connectivity index (χ3n) is 6.14. The van der Waals surface area contributed by atoms with E-state index in [1.165, 1.54) is 0 Å². The zero-order chi connectivity index (χ0) is 23.0. The van der Waals surface area contributed by atoms with Crippen molar-refractivity contribution in [2.45, 2.75) is 25.3 Å². The topological polar surface area (TPSA) is 128 Å². The molecule has 0 radical (unpaired) electrons. The second kappa shape index (κ2) is 8.53. The van der Waals surface area contributed by atoms with Crippen LogP contribution in [0.1, 0.15) is 30.0 Å². The van der Waals surface area contributed by atoms with Crippen LogP contribution in [0.3, 0.4) is 0 Å². The van der Waals surface area contributed by atoms with Crippen molar-refractivity contribution in [2.24, 2.45) is 0 Å². The minimum absolute atomic E-state index is 0.0398. The monoisotopic (exact) mass is 463 g/mol. The lowest BCUT2D eigenvalue weighted by Crippen LogP contribution is -2.25. The maximum Gasteiger partial charge on any atom is 0.165 e. The first-order valence-corrected chi connectivity index (χ1v) is 12.7. The summed E-state index contributed by atoms with van der Waals surface area (Å²) in [5.74, 6) is 0.909. The summed E-state index contributed by atoms with van der Waals surface area (Å²) < 4.78 is 25.6. The van der Waals surface area contributed by atoms with Crippen LogP contribution in [0.15, 0.2) is 49.1 Å². The van der Waals surface area contributed by atoms with E-state index in [0.29, 0.717) is 30.9 Å². The van der Waals surface area contributed by atoms with Gasteiger partial charge in [0.05, 0.1) is 29.1 Å². The largest absolute Gasteiger partial charge is 0.383 e. The third kappa shape index (κ3) is 4.07. The van der Waals surface area contributed by atoms with Crippen LogP contribution in [0.5, 0.6) is 0 Å². The average molecular weight is 464 g/mol. The van der Waals surface area contributed by atoms with Crippen LogP contribution >= 0.6 is 0 Å². The van der Waals surface area contributed by atoms with E-state index in [9.17, 15) is 8.42 Å². The summed E-state index contributed by atoms with van der Waals surface area (Å²) in [6.45, 7) is 0.532. The lowest BCUT2D eigenvalue weighted by Gasteiger charge is -2.24. The molecule has 5 heterocycles. The Morgan fingerprint density at radius 1 is 1.12 bits per heavy atom. The summed E-state index contributed by atoms with van der Waals surface area (Å²) in [5, 5.41) is 7.65. The molecule has 1 aliphatic rings. The molecule has 1 aliphatic heterocycles. The van der Waals surface area contributed by atoms with E-state index in [1.807, 2.05) is 31.3 Å². The van der Waals surface area contributed by atoms with Gasteiger partial charge in [-0.1, -0.05) is 6.07 Å². The molecule has 1 saturated heterocycles. The van der Waals surface area contributed by atoms with Crippen LogP contribution < -0.4 is 11.1 Å². The maximum absolute atomic E-state index is 12.0. The van der Waals surface area contributed by atoms with Gasteiger partial charge in [-0.25, -0.2) is 13.4 Å². The summed E-state index contributed by atoms with van der Waals surface area (Å²) in [4.78, 5) is 13.7. The van der Waals surface area contributed by atoms with Gasteiger partial charge >= 0.3 is 0 Å². The lowest BCUT2D eigenvalue weighted by atomic mass is 9.94. The van der Waals surface area contributed by atoms with Gasteiger partial charge in [0.25, 0.3) is 0 Å².